The molecule has 0 spiro atoms. The number of amides is 1. The van der Waals surface area contributed by atoms with Crippen LogP contribution in [0.4, 0.5) is 13.2 Å². The summed E-state index contributed by atoms with van der Waals surface area (Å²) in [6.45, 7) is 6.05. The quantitative estimate of drug-likeness (QED) is 0.766. The van der Waals surface area contributed by atoms with Gasteiger partial charge in [-0.05, 0) is 25.3 Å². The second-order valence-electron chi connectivity index (χ2n) is 6.18. The minimum absolute atomic E-state index is 0.0646. The summed E-state index contributed by atoms with van der Waals surface area (Å²) in [6, 6.07) is 0.928. The van der Waals surface area contributed by atoms with Crippen molar-refractivity contribution in [1.82, 2.24) is 4.90 Å². The van der Waals surface area contributed by atoms with E-state index in [1.807, 2.05) is 20.8 Å². The van der Waals surface area contributed by atoms with E-state index in [2.05, 4.69) is 0 Å². The zero-order valence-electron chi connectivity index (χ0n) is 12.5. The Hall–Kier alpha value is -1.52. The maximum atomic E-state index is 14.0. The van der Waals surface area contributed by atoms with E-state index < -0.39 is 28.9 Å². The minimum Gasteiger partial charge on any atom is -0.335 e. The standard InChI is InChI=1S/C16H20F3NO/c1-4-16(2,3)15(21)20-7-5-6-13(20)11-8-10(17)9-12(18)14(11)19/h8-9,13H,4-7H2,1-3H3. The molecule has 0 aliphatic carbocycles. The fraction of sp³-hybridized carbons (Fsp3) is 0.562. The van der Waals surface area contributed by atoms with Crippen LogP contribution in [0.3, 0.4) is 0 Å². The van der Waals surface area contributed by atoms with Crippen LogP contribution in [0.15, 0.2) is 12.1 Å². The van der Waals surface area contributed by atoms with Gasteiger partial charge < -0.3 is 4.90 Å². The van der Waals surface area contributed by atoms with Crippen molar-refractivity contribution in [2.24, 2.45) is 5.41 Å². The van der Waals surface area contributed by atoms with E-state index in [0.717, 1.165) is 6.07 Å². The number of rotatable bonds is 3. The molecular weight excluding hydrogens is 279 g/mol. The Morgan fingerprint density at radius 1 is 1.33 bits per heavy atom. The summed E-state index contributed by atoms with van der Waals surface area (Å²) in [7, 11) is 0. The Bertz CT molecular complexity index is 557. The van der Waals surface area contributed by atoms with Gasteiger partial charge in [0.25, 0.3) is 0 Å². The van der Waals surface area contributed by atoms with Crippen molar-refractivity contribution in [2.45, 2.75) is 46.1 Å². The summed E-state index contributed by atoms with van der Waals surface area (Å²) in [6.07, 6.45) is 1.87. The Labute approximate surface area is 122 Å². The van der Waals surface area contributed by atoms with E-state index in [-0.39, 0.29) is 11.5 Å². The third-order valence-electron chi connectivity index (χ3n) is 4.36. The van der Waals surface area contributed by atoms with Crippen LogP contribution in [-0.4, -0.2) is 17.4 Å². The molecule has 1 aromatic rings. The van der Waals surface area contributed by atoms with Gasteiger partial charge in [-0.1, -0.05) is 20.8 Å². The van der Waals surface area contributed by atoms with Gasteiger partial charge in [-0.15, -0.1) is 0 Å². The molecule has 1 unspecified atom stereocenters. The van der Waals surface area contributed by atoms with Crippen molar-refractivity contribution in [3.63, 3.8) is 0 Å². The van der Waals surface area contributed by atoms with Gasteiger partial charge in [0.1, 0.15) is 5.82 Å². The predicted octanol–water partition coefficient (Wildman–Crippen LogP) is 4.20. The van der Waals surface area contributed by atoms with E-state index in [9.17, 15) is 18.0 Å². The smallest absolute Gasteiger partial charge is 0.228 e. The van der Waals surface area contributed by atoms with E-state index in [4.69, 9.17) is 0 Å². The van der Waals surface area contributed by atoms with Gasteiger partial charge in [-0.3, -0.25) is 4.79 Å². The van der Waals surface area contributed by atoms with Crippen LogP contribution in [-0.2, 0) is 4.79 Å². The summed E-state index contributed by atoms with van der Waals surface area (Å²) < 4.78 is 40.8. The number of hydrogen-bond acceptors (Lipinski definition) is 1. The fourth-order valence-electron chi connectivity index (χ4n) is 2.69. The van der Waals surface area contributed by atoms with Gasteiger partial charge in [0.2, 0.25) is 5.91 Å². The summed E-state index contributed by atoms with van der Waals surface area (Å²) in [4.78, 5) is 14.1. The zero-order chi connectivity index (χ0) is 15.8. The van der Waals surface area contributed by atoms with E-state index in [0.29, 0.717) is 31.9 Å². The van der Waals surface area contributed by atoms with Crippen LogP contribution < -0.4 is 0 Å². The molecule has 1 aromatic carbocycles. The average Bonchev–Trinajstić information content (AvgIpc) is 2.90. The molecule has 0 radical (unpaired) electrons. The molecule has 1 fully saturated rings. The van der Waals surface area contributed by atoms with E-state index in [1.54, 1.807) is 4.90 Å². The molecule has 0 N–H and O–H groups in total. The highest BCUT2D eigenvalue weighted by molar-refractivity contribution is 5.82. The molecular formula is C16H20F3NO. The molecule has 1 saturated heterocycles. The lowest BCUT2D eigenvalue weighted by molar-refractivity contribution is -0.141. The average molecular weight is 299 g/mol. The first-order chi connectivity index (χ1) is 9.77. The van der Waals surface area contributed by atoms with E-state index in [1.165, 1.54) is 0 Å². The number of carbonyl (C=O) groups is 1. The molecule has 1 amide bonds. The first-order valence-electron chi connectivity index (χ1n) is 7.23. The number of likely N-dealkylation sites (tertiary alicyclic amines) is 1. The number of benzene rings is 1. The lowest BCUT2D eigenvalue weighted by atomic mass is 9.88. The molecule has 21 heavy (non-hydrogen) atoms. The molecule has 0 bridgehead atoms. The van der Waals surface area contributed by atoms with Crippen molar-refractivity contribution >= 4 is 5.91 Å². The Morgan fingerprint density at radius 2 is 2.00 bits per heavy atom. The molecule has 0 aromatic heterocycles. The van der Waals surface area contributed by atoms with Crippen LogP contribution in [0.1, 0.15) is 51.6 Å². The molecule has 116 valence electrons. The maximum Gasteiger partial charge on any atom is 0.228 e. The van der Waals surface area contributed by atoms with Gasteiger partial charge in [0.05, 0.1) is 6.04 Å². The van der Waals surface area contributed by atoms with E-state index >= 15 is 0 Å². The van der Waals surface area contributed by atoms with Gasteiger partial charge >= 0.3 is 0 Å². The first kappa shape index (κ1) is 15.9. The van der Waals surface area contributed by atoms with Crippen LogP contribution >= 0.6 is 0 Å². The lowest BCUT2D eigenvalue weighted by Crippen LogP contribution is -2.40. The normalized spacial score (nSPS) is 19.1. The van der Waals surface area contributed by atoms with Crippen LogP contribution in [0.2, 0.25) is 0 Å². The van der Waals surface area contributed by atoms with Crippen molar-refractivity contribution in [3.8, 4) is 0 Å². The predicted molar refractivity (Wildman–Crippen MR) is 74.1 cm³/mol. The summed E-state index contributed by atoms with van der Waals surface area (Å²) >= 11 is 0. The zero-order valence-corrected chi connectivity index (χ0v) is 12.5. The molecule has 1 atom stereocenters. The van der Waals surface area contributed by atoms with Crippen molar-refractivity contribution in [2.75, 3.05) is 6.54 Å². The number of nitrogens with zero attached hydrogens (tertiary/aromatic N) is 1. The Morgan fingerprint density at radius 3 is 2.62 bits per heavy atom. The Kier molecular flexibility index (Phi) is 4.30. The minimum atomic E-state index is -1.21. The highest BCUT2D eigenvalue weighted by Crippen LogP contribution is 2.38. The SMILES string of the molecule is CCC(C)(C)C(=O)N1CCCC1c1cc(F)cc(F)c1F. The van der Waals surface area contributed by atoms with Crippen LogP contribution in [0.5, 0.6) is 0 Å². The second kappa shape index (κ2) is 5.70. The maximum absolute atomic E-state index is 14.0. The van der Waals surface area contributed by atoms with Gasteiger partial charge in [0, 0.05) is 23.6 Å². The molecule has 1 aliphatic heterocycles. The van der Waals surface area contributed by atoms with Crippen LogP contribution in [0, 0.1) is 22.9 Å². The third-order valence-corrected chi connectivity index (χ3v) is 4.36. The highest BCUT2D eigenvalue weighted by atomic mass is 19.2. The number of carbonyl (C=O) groups excluding carboxylic acids is 1. The lowest BCUT2D eigenvalue weighted by Gasteiger charge is -2.33. The Balaban J connectivity index is 2.38. The van der Waals surface area contributed by atoms with Crippen LogP contribution in [0.25, 0.3) is 0 Å². The second-order valence-corrected chi connectivity index (χ2v) is 6.18. The van der Waals surface area contributed by atoms with Gasteiger partial charge in [-0.2, -0.15) is 0 Å². The molecule has 1 aliphatic rings. The number of halogens is 3. The topological polar surface area (TPSA) is 20.3 Å². The summed E-state index contributed by atoms with van der Waals surface area (Å²) in [5.41, 5.74) is -0.629. The summed E-state index contributed by atoms with van der Waals surface area (Å²) in [5.74, 6) is -3.19. The van der Waals surface area contributed by atoms with Gasteiger partial charge in [-0.25, -0.2) is 13.2 Å². The van der Waals surface area contributed by atoms with Crippen molar-refractivity contribution in [3.05, 3.63) is 35.1 Å². The molecule has 2 nitrogen and oxygen atoms in total. The number of hydrogen-bond donors (Lipinski definition) is 0. The fourth-order valence-corrected chi connectivity index (χ4v) is 2.69. The van der Waals surface area contributed by atoms with Crippen molar-refractivity contribution in [1.29, 1.82) is 0 Å². The largest absolute Gasteiger partial charge is 0.335 e. The molecule has 2 rings (SSSR count). The third kappa shape index (κ3) is 2.92. The molecule has 5 heteroatoms. The summed E-state index contributed by atoms with van der Waals surface area (Å²) in [5, 5.41) is 0. The van der Waals surface area contributed by atoms with Crippen molar-refractivity contribution < 1.29 is 18.0 Å². The monoisotopic (exact) mass is 299 g/mol. The highest BCUT2D eigenvalue weighted by Gasteiger charge is 2.38. The van der Waals surface area contributed by atoms with Gasteiger partial charge in [0.15, 0.2) is 11.6 Å². The molecule has 1 heterocycles. The first-order valence-corrected chi connectivity index (χ1v) is 7.23. The molecule has 0 saturated carbocycles.